The highest BCUT2D eigenvalue weighted by Crippen LogP contribution is 2.28. The van der Waals surface area contributed by atoms with Crippen molar-refractivity contribution in [2.24, 2.45) is 10.2 Å². The molecule has 4 heteroatoms. The minimum Gasteiger partial charge on any atom is -0.276 e. The highest BCUT2D eigenvalue weighted by Gasteiger charge is 2.03. The van der Waals surface area contributed by atoms with Crippen LogP contribution in [0.25, 0.3) is 22.0 Å². The zero-order valence-corrected chi connectivity index (χ0v) is 12.3. The van der Waals surface area contributed by atoms with Gasteiger partial charge in [-0.3, -0.25) is 5.10 Å². The standard InChI is InChI=1S/C19H14N4/c1-2-8-15(9-3-1)18-13-19(23-21-18)22-20-17-12-6-10-14-7-4-5-11-16(14)17/h1-13H,(H,21,23). The van der Waals surface area contributed by atoms with Gasteiger partial charge in [0, 0.05) is 11.5 Å². The molecule has 0 spiro atoms. The van der Waals surface area contributed by atoms with Crippen molar-refractivity contribution >= 4 is 22.3 Å². The number of hydrogen-bond donors (Lipinski definition) is 1. The maximum absolute atomic E-state index is 4.35. The van der Waals surface area contributed by atoms with E-state index in [9.17, 15) is 0 Å². The van der Waals surface area contributed by atoms with Gasteiger partial charge in [-0.25, -0.2) is 0 Å². The minimum atomic E-state index is 0.566. The first-order valence-electron chi connectivity index (χ1n) is 7.40. The van der Waals surface area contributed by atoms with Gasteiger partial charge in [0.25, 0.3) is 0 Å². The Hall–Kier alpha value is -3.27. The Morgan fingerprint density at radius 3 is 2.43 bits per heavy atom. The van der Waals surface area contributed by atoms with E-state index in [0.717, 1.165) is 27.7 Å². The second-order valence-corrected chi connectivity index (χ2v) is 5.20. The zero-order chi connectivity index (χ0) is 15.5. The predicted octanol–water partition coefficient (Wildman–Crippen LogP) is 5.65. The van der Waals surface area contributed by atoms with Gasteiger partial charge in [0.1, 0.15) is 0 Å². The normalized spacial score (nSPS) is 11.3. The fraction of sp³-hybridized carbons (Fsp3) is 0. The lowest BCUT2D eigenvalue weighted by Gasteiger charge is -1.99. The molecule has 23 heavy (non-hydrogen) atoms. The molecular weight excluding hydrogens is 284 g/mol. The first kappa shape index (κ1) is 13.4. The summed E-state index contributed by atoms with van der Waals surface area (Å²) in [5, 5.41) is 18.0. The molecule has 0 unspecified atom stereocenters. The lowest BCUT2D eigenvalue weighted by molar-refractivity contribution is 1.06. The number of hydrogen-bond acceptors (Lipinski definition) is 3. The largest absolute Gasteiger partial charge is 0.276 e. The molecular formula is C19H14N4. The van der Waals surface area contributed by atoms with Crippen molar-refractivity contribution in [1.82, 2.24) is 10.2 Å². The Kier molecular flexibility index (Phi) is 3.41. The number of benzene rings is 3. The minimum absolute atomic E-state index is 0.566. The molecule has 0 aliphatic carbocycles. The summed E-state index contributed by atoms with van der Waals surface area (Å²) in [6.07, 6.45) is 0. The monoisotopic (exact) mass is 298 g/mol. The summed E-state index contributed by atoms with van der Waals surface area (Å²) in [5.41, 5.74) is 2.84. The molecule has 0 saturated carbocycles. The predicted molar refractivity (Wildman–Crippen MR) is 92.1 cm³/mol. The van der Waals surface area contributed by atoms with E-state index in [1.807, 2.05) is 66.7 Å². The van der Waals surface area contributed by atoms with Crippen LogP contribution in [0.3, 0.4) is 0 Å². The Labute approximate surface area is 133 Å². The van der Waals surface area contributed by atoms with E-state index in [4.69, 9.17) is 0 Å². The van der Waals surface area contributed by atoms with Crippen LogP contribution in [0.1, 0.15) is 0 Å². The second-order valence-electron chi connectivity index (χ2n) is 5.20. The van der Waals surface area contributed by atoms with Crippen molar-refractivity contribution in [2.75, 3.05) is 0 Å². The van der Waals surface area contributed by atoms with E-state index in [1.54, 1.807) is 0 Å². The van der Waals surface area contributed by atoms with Crippen molar-refractivity contribution in [1.29, 1.82) is 0 Å². The van der Waals surface area contributed by atoms with Crippen LogP contribution in [0.2, 0.25) is 0 Å². The van der Waals surface area contributed by atoms with Crippen LogP contribution in [-0.2, 0) is 0 Å². The van der Waals surface area contributed by atoms with Gasteiger partial charge in [0.2, 0.25) is 0 Å². The maximum atomic E-state index is 4.35. The Morgan fingerprint density at radius 2 is 1.52 bits per heavy atom. The molecule has 1 heterocycles. The summed E-state index contributed by atoms with van der Waals surface area (Å²) >= 11 is 0. The summed E-state index contributed by atoms with van der Waals surface area (Å²) in [6.45, 7) is 0. The van der Waals surface area contributed by atoms with Gasteiger partial charge in [0.15, 0.2) is 5.82 Å². The number of nitrogens with one attached hydrogen (secondary N) is 1. The van der Waals surface area contributed by atoms with Crippen LogP contribution in [0.5, 0.6) is 0 Å². The van der Waals surface area contributed by atoms with Gasteiger partial charge in [0.05, 0.1) is 11.4 Å². The van der Waals surface area contributed by atoms with Gasteiger partial charge in [-0.1, -0.05) is 66.7 Å². The number of rotatable bonds is 3. The first-order chi connectivity index (χ1) is 11.4. The zero-order valence-electron chi connectivity index (χ0n) is 12.3. The fourth-order valence-electron chi connectivity index (χ4n) is 2.53. The first-order valence-corrected chi connectivity index (χ1v) is 7.40. The Bertz CT molecular complexity index is 966. The van der Waals surface area contributed by atoms with E-state index in [-0.39, 0.29) is 0 Å². The molecule has 1 N–H and O–H groups in total. The molecule has 0 bridgehead atoms. The molecule has 0 amide bonds. The third-order valence-corrected chi connectivity index (χ3v) is 3.68. The second kappa shape index (κ2) is 5.85. The molecule has 0 aliphatic rings. The maximum Gasteiger partial charge on any atom is 0.196 e. The smallest absolute Gasteiger partial charge is 0.196 e. The number of fused-ring (bicyclic) bond motifs is 1. The lowest BCUT2D eigenvalue weighted by atomic mass is 10.1. The van der Waals surface area contributed by atoms with Crippen LogP contribution in [-0.4, -0.2) is 10.2 Å². The summed E-state index contributed by atoms with van der Waals surface area (Å²) in [4.78, 5) is 0. The number of aromatic amines is 1. The van der Waals surface area contributed by atoms with Crippen molar-refractivity contribution < 1.29 is 0 Å². The summed E-state index contributed by atoms with van der Waals surface area (Å²) in [7, 11) is 0. The van der Waals surface area contributed by atoms with E-state index in [0.29, 0.717) is 5.82 Å². The number of H-pyrrole nitrogens is 1. The van der Waals surface area contributed by atoms with Crippen molar-refractivity contribution in [3.05, 3.63) is 78.9 Å². The summed E-state index contributed by atoms with van der Waals surface area (Å²) in [5.74, 6) is 0.566. The van der Waals surface area contributed by atoms with Gasteiger partial charge in [-0.2, -0.15) is 5.10 Å². The SMILES string of the molecule is c1ccc(-c2cc(N=Nc3cccc4ccccc34)n[nH]2)cc1. The highest BCUT2D eigenvalue weighted by atomic mass is 15.2. The highest BCUT2D eigenvalue weighted by molar-refractivity contribution is 5.92. The molecule has 4 nitrogen and oxygen atoms in total. The molecule has 3 aromatic carbocycles. The molecule has 1 aromatic heterocycles. The summed E-state index contributed by atoms with van der Waals surface area (Å²) in [6, 6.07) is 26.1. The molecule has 0 saturated heterocycles. The molecule has 110 valence electrons. The van der Waals surface area contributed by atoms with Crippen molar-refractivity contribution in [3.63, 3.8) is 0 Å². The van der Waals surface area contributed by atoms with Crippen LogP contribution in [0.15, 0.2) is 89.1 Å². The van der Waals surface area contributed by atoms with Crippen LogP contribution < -0.4 is 0 Å². The van der Waals surface area contributed by atoms with E-state index >= 15 is 0 Å². The summed E-state index contributed by atoms with van der Waals surface area (Å²) < 4.78 is 0. The fourth-order valence-corrected chi connectivity index (χ4v) is 2.53. The average molecular weight is 298 g/mol. The van der Waals surface area contributed by atoms with Gasteiger partial charge in [-0.05, 0) is 17.0 Å². The van der Waals surface area contributed by atoms with E-state index < -0.39 is 0 Å². The van der Waals surface area contributed by atoms with Crippen LogP contribution >= 0.6 is 0 Å². The van der Waals surface area contributed by atoms with Crippen molar-refractivity contribution in [3.8, 4) is 11.3 Å². The molecule has 0 atom stereocenters. The molecule has 4 rings (SSSR count). The number of aromatic nitrogens is 2. The van der Waals surface area contributed by atoms with Gasteiger partial charge < -0.3 is 0 Å². The van der Waals surface area contributed by atoms with Crippen molar-refractivity contribution in [2.45, 2.75) is 0 Å². The van der Waals surface area contributed by atoms with Gasteiger partial charge >= 0.3 is 0 Å². The topological polar surface area (TPSA) is 53.4 Å². The average Bonchev–Trinajstić information content (AvgIpc) is 3.10. The number of azo groups is 1. The molecule has 4 aromatic rings. The third-order valence-electron chi connectivity index (χ3n) is 3.68. The van der Waals surface area contributed by atoms with Crippen LogP contribution in [0, 0.1) is 0 Å². The number of nitrogens with zero attached hydrogens (tertiary/aromatic N) is 3. The van der Waals surface area contributed by atoms with E-state index in [1.165, 1.54) is 0 Å². The molecule has 0 radical (unpaired) electrons. The van der Waals surface area contributed by atoms with E-state index in [2.05, 4.69) is 32.6 Å². The Balaban J connectivity index is 1.65. The quantitative estimate of drug-likeness (QED) is 0.488. The molecule has 0 fully saturated rings. The Morgan fingerprint density at radius 1 is 0.739 bits per heavy atom. The van der Waals surface area contributed by atoms with Crippen LogP contribution in [0.4, 0.5) is 11.5 Å². The van der Waals surface area contributed by atoms with Gasteiger partial charge in [-0.15, -0.1) is 10.2 Å². The third kappa shape index (κ3) is 2.74. The lowest BCUT2D eigenvalue weighted by Crippen LogP contribution is -1.75. The molecule has 0 aliphatic heterocycles.